The second-order valence-corrected chi connectivity index (χ2v) is 7.22. The van der Waals surface area contributed by atoms with Crippen molar-refractivity contribution in [2.75, 3.05) is 6.61 Å². The Kier molecular flexibility index (Phi) is 6.66. The number of nitrogens with one attached hydrogen (secondary N) is 1. The lowest BCUT2D eigenvalue weighted by molar-refractivity contribution is 0.0526. The normalized spacial score (nSPS) is 10.7. The van der Waals surface area contributed by atoms with Crippen LogP contribution in [0.4, 0.5) is 8.78 Å². The highest BCUT2D eigenvalue weighted by atomic mass is 79.9. The molecule has 5 nitrogen and oxygen atoms in total. The fourth-order valence-corrected chi connectivity index (χ4v) is 3.37. The number of aromatic nitrogens is 1. The molecule has 1 N–H and O–H groups in total. The van der Waals surface area contributed by atoms with Crippen molar-refractivity contribution in [3.8, 4) is 16.9 Å². The minimum atomic E-state index is -0.751. The average Bonchev–Trinajstić information content (AvgIpc) is 2.71. The number of aromatic amines is 1. The van der Waals surface area contributed by atoms with Gasteiger partial charge in [0.25, 0.3) is 5.56 Å². The summed E-state index contributed by atoms with van der Waals surface area (Å²) in [6.07, 6.45) is 0. The van der Waals surface area contributed by atoms with Crippen LogP contribution in [0.1, 0.15) is 28.5 Å². The fourth-order valence-electron chi connectivity index (χ4n) is 2.96. The van der Waals surface area contributed by atoms with Gasteiger partial charge in [0, 0.05) is 22.9 Å². The number of esters is 1. The van der Waals surface area contributed by atoms with Gasteiger partial charge in [0.15, 0.2) is 0 Å². The fraction of sp³-hybridized carbons (Fsp3) is 0.182. The van der Waals surface area contributed by atoms with Gasteiger partial charge in [0.2, 0.25) is 0 Å². The molecule has 0 aliphatic heterocycles. The molecule has 0 saturated heterocycles. The number of carbonyl (C=O) groups is 1. The van der Waals surface area contributed by atoms with Gasteiger partial charge in [0.05, 0.1) is 12.2 Å². The smallest absolute Gasteiger partial charge is 0.338 e. The van der Waals surface area contributed by atoms with Gasteiger partial charge < -0.3 is 14.5 Å². The lowest BCUT2D eigenvalue weighted by Gasteiger charge is -2.16. The first-order valence-corrected chi connectivity index (χ1v) is 9.87. The van der Waals surface area contributed by atoms with Crippen LogP contribution in [-0.4, -0.2) is 17.6 Å². The van der Waals surface area contributed by atoms with Crippen molar-refractivity contribution in [1.82, 2.24) is 4.98 Å². The van der Waals surface area contributed by atoms with Crippen LogP contribution in [0.5, 0.6) is 5.75 Å². The summed E-state index contributed by atoms with van der Waals surface area (Å²) in [6, 6.07) is 9.84. The standard InChI is InChI=1S/C22H18BrF2NO4/c1-3-29-22(28)14-6-4-5-13(9-14)18-12(2)26-21(27)19(23)20(18)30-11-15-7-8-16(24)10-17(15)25/h4-10H,3,11H2,1-2H3,(H,26,27). The summed E-state index contributed by atoms with van der Waals surface area (Å²) in [4.78, 5) is 27.1. The Hall–Kier alpha value is -3.00. The Labute approximate surface area is 179 Å². The summed E-state index contributed by atoms with van der Waals surface area (Å²) >= 11 is 3.22. The van der Waals surface area contributed by atoms with Gasteiger partial charge in [-0.05, 0) is 59.6 Å². The molecule has 156 valence electrons. The first kappa shape index (κ1) is 21.7. The Bertz CT molecular complexity index is 1160. The van der Waals surface area contributed by atoms with E-state index in [2.05, 4.69) is 20.9 Å². The average molecular weight is 478 g/mol. The number of pyridine rings is 1. The molecular formula is C22H18BrF2NO4. The van der Waals surface area contributed by atoms with E-state index in [1.54, 1.807) is 38.1 Å². The first-order chi connectivity index (χ1) is 14.3. The zero-order chi connectivity index (χ0) is 21.8. The maximum atomic E-state index is 14.0. The SMILES string of the molecule is CCOC(=O)c1cccc(-c2c(C)[nH]c(=O)c(Br)c2OCc2ccc(F)cc2F)c1. The van der Waals surface area contributed by atoms with Crippen molar-refractivity contribution in [2.24, 2.45) is 0 Å². The highest BCUT2D eigenvalue weighted by Crippen LogP contribution is 2.37. The summed E-state index contributed by atoms with van der Waals surface area (Å²) in [5.41, 5.74) is 1.67. The minimum Gasteiger partial charge on any atom is -0.487 e. The number of ether oxygens (including phenoxy) is 2. The van der Waals surface area contributed by atoms with E-state index >= 15 is 0 Å². The molecule has 3 rings (SSSR count). The van der Waals surface area contributed by atoms with Crippen molar-refractivity contribution in [2.45, 2.75) is 20.5 Å². The van der Waals surface area contributed by atoms with Gasteiger partial charge in [-0.2, -0.15) is 0 Å². The molecule has 1 aromatic heterocycles. The van der Waals surface area contributed by atoms with E-state index in [1.165, 1.54) is 6.07 Å². The zero-order valence-corrected chi connectivity index (χ0v) is 17.8. The molecule has 0 amide bonds. The number of hydrogen-bond acceptors (Lipinski definition) is 4. The number of benzene rings is 2. The number of aryl methyl sites for hydroxylation is 1. The lowest BCUT2D eigenvalue weighted by atomic mass is 10.0. The summed E-state index contributed by atoms with van der Waals surface area (Å²) in [5.74, 6) is -1.74. The summed E-state index contributed by atoms with van der Waals surface area (Å²) < 4.78 is 38.1. The highest BCUT2D eigenvalue weighted by Gasteiger charge is 2.19. The van der Waals surface area contributed by atoms with Crippen LogP contribution in [0, 0.1) is 18.6 Å². The maximum Gasteiger partial charge on any atom is 0.338 e. The van der Waals surface area contributed by atoms with Crippen LogP contribution >= 0.6 is 15.9 Å². The van der Waals surface area contributed by atoms with E-state index < -0.39 is 23.2 Å². The molecule has 0 fully saturated rings. The van der Waals surface area contributed by atoms with Crippen molar-refractivity contribution in [3.05, 3.63) is 85.7 Å². The molecule has 0 aliphatic carbocycles. The third kappa shape index (κ3) is 4.59. The van der Waals surface area contributed by atoms with Crippen molar-refractivity contribution >= 4 is 21.9 Å². The molecule has 8 heteroatoms. The van der Waals surface area contributed by atoms with Gasteiger partial charge in [-0.3, -0.25) is 4.79 Å². The lowest BCUT2D eigenvalue weighted by Crippen LogP contribution is -2.13. The van der Waals surface area contributed by atoms with Crippen LogP contribution < -0.4 is 10.3 Å². The van der Waals surface area contributed by atoms with E-state index in [9.17, 15) is 18.4 Å². The molecule has 2 aromatic carbocycles. The third-order valence-corrected chi connectivity index (χ3v) is 5.07. The van der Waals surface area contributed by atoms with E-state index in [4.69, 9.17) is 9.47 Å². The van der Waals surface area contributed by atoms with Gasteiger partial charge in [-0.15, -0.1) is 0 Å². The van der Waals surface area contributed by atoms with Gasteiger partial charge in [-0.25, -0.2) is 13.6 Å². The maximum absolute atomic E-state index is 14.0. The van der Waals surface area contributed by atoms with E-state index in [0.29, 0.717) is 22.4 Å². The number of carbonyl (C=O) groups excluding carboxylic acids is 1. The molecule has 1 heterocycles. The van der Waals surface area contributed by atoms with Crippen molar-refractivity contribution < 1.29 is 23.0 Å². The number of rotatable bonds is 6. The molecule has 3 aromatic rings. The minimum absolute atomic E-state index is 0.118. The summed E-state index contributed by atoms with van der Waals surface area (Å²) in [6.45, 7) is 3.42. The molecule has 30 heavy (non-hydrogen) atoms. The van der Waals surface area contributed by atoms with E-state index in [1.807, 2.05) is 0 Å². The van der Waals surface area contributed by atoms with Gasteiger partial charge in [-0.1, -0.05) is 12.1 Å². The molecule has 0 saturated carbocycles. The van der Waals surface area contributed by atoms with Crippen molar-refractivity contribution in [1.29, 1.82) is 0 Å². The Morgan fingerprint density at radius 2 is 1.93 bits per heavy atom. The predicted molar refractivity (Wildman–Crippen MR) is 112 cm³/mol. The van der Waals surface area contributed by atoms with E-state index in [-0.39, 0.29) is 29.0 Å². The largest absolute Gasteiger partial charge is 0.487 e. The van der Waals surface area contributed by atoms with Crippen LogP contribution in [-0.2, 0) is 11.3 Å². The zero-order valence-electron chi connectivity index (χ0n) is 16.2. The van der Waals surface area contributed by atoms with E-state index in [0.717, 1.165) is 12.1 Å². The van der Waals surface area contributed by atoms with Crippen LogP contribution in [0.2, 0.25) is 0 Å². The predicted octanol–water partition coefficient (Wildman–Crippen LogP) is 5.15. The van der Waals surface area contributed by atoms with Crippen LogP contribution in [0.25, 0.3) is 11.1 Å². The molecule has 0 atom stereocenters. The number of hydrogen-bond donors (Lipinski definition) is 1. The number of H-pyrrole nitrogens is 1. The quantitative estimate of drug-likeness (QED) is 0.498. The molecule has 0 radical (unpaired) electrons. The molecule has 0 aliphatic rings. The van der Waals surface area contributed by atoms with Crippen LogP contribution in [0.15, 0.2) is 51.7 Å². The molecule has 0 spiro atoms. The van der Waals surface area contributed by atoms with Gasteiger partial charge >= 0.3 is 5.97 Å². The summed E-state index contributed by atoms with van der Waals surface area (Å²) in [5, 5.41) is 0. The second-order valence-electron chi connectivity index (χ2n) is 6.42. The van der Waals surface area contributed by atoms with Crippen molar-refractivity contribution in [3.63, 3.8) is 0 Å². The summed E-state index contributed by atoms with van der Waals surface area (Å²) in [7, 11) is 0. The van der Waals surface area contributed by atoms with Gasteiger partial charge in [0.1, 0.15) is 28.5 Å². The molecular weight excluding hydrogens is 460 g/mol. The molecule has 0 bridgehead atoms. The second kappa shape index (κ2) is 9.21. The Balaban J connectivity index is 2.05. The molecule has 0 unspecified atom stereocenters. The monoisotopic (exact) mass is 477 g/mol. The third-order valence-electron chi connectivity index (χ3n) is 4.35. The number of halogens is 3. The Morgan fingerprint density at radius 1 is 1.17 bits per heavy atom. The highest BCUT2D eigenvalue weighted by molar-refractivity contribution is 9.10. The topological polar surface area (TPSA) is 68.4 Å². The Morgan fingerprint density at radius 3 is 2.63 bits per heavy atom. The van der Waals surface area contributed by atoms with Crippen LogP contribution in [0.3, 0.4) is 0 Å². The first-order valence-electron chi connectivity index (χ1n) is 9.08.